The second-order valence-electron chi connectivity index (χ2n) is 6.44. The van der Waals surface area contributed by atoms with Crippen molar-refractivity contribution >= 4 is 17.4 Å². The summed E-state index contributed by atoms with van der Waals surface area (Å²) in [6, 6.07) is 11.2. The molecule has 1 atom stereocenters. The van der Waals surface area contributed by atoms with E-state index in [0.717, 1.165) is 37.7 Å². The van der Waals surface area contributed by atoms with Crippen LogP contribution >= 0.6 is 0 Å². The third kappa shape index (κ3) is 3.43. The van der Waals surface area contributed by atoms with Crippen molar-refractivity contribution in [2.24, 2.45) is 0 Å². The van der Waals surface area contributed by atoms with Crippen LogP contribution in [0.3, 0.4) is 0 Å². The minimum atomic E-state index is -0.202. The molecular weight excluding hydrogens is 332 g/mol. The molecule has 0 radical (unpaired) electrons. The van der Waals surface area contributed by atoms with Gasteiger partial charge in [0.2, 0.25) is 12.7 Å². The highest BCUT2D eigenvalue weighted by atomic mass is 16.7. The molecule has 136 valence electrons. The molecule has 0 saturated carbocycles. The van der Waals surface area contributed by atoms with Crippen molar-refractivity contribution in [2.75, 3.05) is 43.2 Å². The second kappa shape index (κ2) is 7.21. The highest BCUT2D eigenvalue weighted by Gasteiger charge is 2.26. The predicted octanol–water partition coefficient (Wildman–Crippen LogP) is 1.96. The van der Waals surface area contributed by atoms with E-state index in [0.29, 0.717) is 11.5 Å². The van der Waals surface area contributed by atoms with Crippen molar-refractivity contribution in [2.45, 2.75) is 13.0 Å². The molecule has 4 rings (SSSR count). The van der Waals surface area contributed by atoms with E-state index in [1.54, 1.807) is 6.07 Å². The molecule has 7 heteroatoms. The van der Waals surface area contributed by atoms with E-state index in [9.17, 15) is 4.79 Å². The molecule has 1 saturated heterocycles. The Morgan fingerprint density at radius 1 is 1.12 bits per heavy atom. The standard InChI is InChI=1S/C19H22N4O3/c1-14(19(24)21-15-5-6-16-17(12-15)26-13-25-16)22-8-10-23(11-9-22)18-4-2-3-7-20-18/h2-7,12,14H,8-11,13H2,1H3,(H,21,24)/t14-/m1/s1. The highest BCUT2D eigenvalue weighted by Crippen LogP contribution is 2.34. The number of carbonyl (C=O) groups is 1. The molecule has 1 fully saturated rings. The van der Waals surface area contributed by atoms with Crippen LogP contribution in [-0.4, -0.2) is 54.8 Å². The van der Waals surface area contributed by atoms with Crippen LogP contribution in [-0.2, 0) is 4.79 Å². The molecule has 2 aliphatic rings. The van der Waals surface area contributed by atoms with Gasteiger partial charge in [0, 0.05) is 44.1 Å². The van der Waals surface area contributed by atoms with E-state index in [2.05, 4.69) is 20.1 Å². The highest BCUT2D eigenvalue weighted by molar-refractivity contribution is 5.94. The molecule has 0 bridgehead atoms. The SMILES string of the molecule is C[C@H](C(=O)Nc1ccc2c(c1)OCO2)N1CCN(c2ccccn2)CC1. The van der Waals surface area contributed by atoms with Gasteiger partial charge in [0.25, 0.3) is 0 Å². The molecule has 0 aliphatic carbocycles. The van der Waals surface area contributed by atoms with Gasteiger partial charge in [0.05, 0.1) is 6.04 Å². The van der Waals surface area contributed by atoms with Gasteiger partial charge in [-0.15, -0.1) is 0 Å². The lowest BCUT2D eigenvalue weighted by Gasteiger charge is -2.37. The third-order valence-corrected chi connectivity index (χ3v) is 4.85. The number of benzene rings is 1. The summed E-state index contributed by atoms with van der Waals surface area (Å²) < 4.78 is 10.7. The maximum Gasteiger partial charge on any atom is 0.241 e. The summed E-state index contributed by atoms with van der Waals surface area (Å²) in [4.78, 5) is 21.5. The average molecular weight is 354 g/mol. The van der Waals surface area contributed by atoms with Gasteiger partial charge < -0.3 is 19.7 Å². The van der Waals surface area contributed by atoms with Crippen molar-refractivity contribution in [3.8, 4) is 11.5 Å². The number of pyridine rings is 1. The van der Waals surface area contributed by atoms with Gasteiger partial charge in [0.15, 0.2) is 11.5 Å². The number of carbonyl (C=O) groups excluding carboxylic acids is 1. The minimum absolute atomic E-state index is 0.0184. The van der Waals surface area contributed by atoms with Crippen LogP contribution in [0.4, 0.5) is 11.5 Å². The number of anilines is 2. The lowest BCUT2D eigenvalue weighted by molar-refractivity contribution is -0.120. The summed E-state index contributed by atoms with van der Waals surface area (Å²) >= 11 is 0. The van der Waals surface area contributed by atoms with Gasteiger partial charge in [-0.3, -0.25) is 9.69 Å². The largest absolute Gasteiger partial charge is 0.454 e. The van der Waals surface area contributed by atoms with E-state index in [1.807, 2.05) is 43.5 Å². The molecule has 0 unspecified atom stereocenters. The Labute approximate surface area is 152 Å². The number of hydrogen-bond donors (Lipinski definition) is 1. The molecule has 1 amide bonds. The van der Waals surface area contributed by atoms with Crippen molar-refractivity contribution in [3.63, 3.8) is 0 Å². The monoisotopic (exact) mass is 354 g/mol. The smallest absolute Gasteiger partial charge is 0.241 e. The summed E-state index contributed by atoms with van der Waals surface area (Å²) in [6.45, 7) is 5.54. The maximum atomic E-state index is 12.6. The Balaban J connectivity index is 1.33. The topological polar surface area (TPSA) is 66.9 Å². The normalized spacial score (nSPS) is 17.8. The van der Waals surface area contributed by atoms with Gasteiger partial charge in [-0.2, -0.15) is 0 Å². The quantitative estimate of drug-likeness (QED) is 0.905. The second-order valence-corrected chi connectivity index (χ2v) is 6.44. The Kier molecular flexibility index (Phi) is 4.62. The third-order valence-electron chi connectivity index (χ3n) is 4.85. The fraction of sp³-hybridized carbons (Fsp3) is 0.368. The van der Waals surface area contributed by atoms with Crippen LogP contribution in [0.25, 0.3) is 0 Å². The number of piperazine rings is 1. The maximum absolute atomic E-state index is 12.6. The van der Waals surface area contributed by atoms with E-state index >= 15 is 0 Å². The number of nitrogens with zero attached hydrogens (tertiary/aromatic N) is 3. The molecule has 3 heterocycles. The zero-order valence-electron chi connectivity index (χ0n) is 14.7. The first-order valence-electron chi connectivity index (χ1n) is 8.81. The van der Waals surface area contributed by atoms with Crippen LogP contribution < -0.4 is 19.7 Å². The molecule has 1 N–H and O–H groups in total. The first-order valence-corrected chi connectivity index (χ1v) is 8.81. The van der Waals surface area contributed by atoms with Crippen LogP contribution in [0.5, 0.6) is 11.5 Å². The summed E-state index contributed by atoms with van der Waals surface area (Å²) in [6.07, 6.45) is 1.81. The molecule has 1 aromatic carbocycles. The molecule has 0 spiro atoms. The zero-order chi connectivity index (χ0) is 17.9. The molecule has 2 aliphatic heterocycles. The van der Waals surface area contributed by atoms with E-state index < -0.39 is 0 Å². The van der Waals surface area contributed by atoms with Gasteiger partial charge in [-0.25, -0.2) is 4.98 Å². The van der Waals surface area contributed by atoms with E-state index in [1.165, 1.54) is 0 Å². The first kappa shape index (κ1) is 16.7. The summed E-state index contributed by atoms with van der Waals surface area (Å²) in [5.74, 6) is 2.35. The Hall–Kier alpha value is -2.80. The molecular formula is C19H22N4O3. The van der Waals surface area contributed by atoms with Crippen LogP contribution in [0.2, 0.25) is 0 Å². The van der Waals surface area contributed by atoms with Crippen molar-refractivity contribution < 1.29 is 14.3 Å². The Morgan fingerprint density at radius 3 is 2.69 bits per heavy atom. The average Bonchev–Trinajstić information content (AvgIpc) is 3.16. The Bertz CT molecular complexity index is 776. The minimum Gasteiger partial charge on any atom is -0.454 e. The van der Waals surface area contributed by atoms with Gasteiger partial charge in [0.1, 0.15) is 5.82 Å². The zero-order valence-corrected chi connectivity index (χ0v) is 14.7. The lowest BCUT2D eigenvalue weighted by Crippen LogP contribution is -2.53. The molecule has 1 aromatic heterocycles. The number of fused-ring (bicyclic) bond motifs is 1. The number of ether oxygens (including phenoxy) is 2. The van der Waals surface area contributed by atoms with Crippen molar-refractivity contribution in [1.82, 2.24) is 9.88 Å². The number of rotatable bonds is 4. The fourth-order valence-electron chi connectivity index (χ4n) is 3.27. The van der Waals surface area contributed by atoms with E-state index in [-0.39, 0.29) is 18.7 Å². The van der Waals surface area contributed by atoms with Crippen LogP contribution in [0.15, 0.2) is 42.6 Å². The van der Waals surface area contributed by atoms with Gasteiger partial charge in [-0.05, 0) is 31.2 Å². The van der Waals surface area contributed by atoms with E-state index in [4.69, 9.17) is 9.47 Å². The molecule has 7 nitrogen and oxygen atoms in total. The molecule has 26 heavy (non-hydrogen) atoms. The predicted molar refractivity (Wildman–Crippen MR) is 98.7 cm³/mol. The summed E-state index contributed by atoms with van der Waals surface area (Å²) in [7, 11) is 0. The number of nitrogens with one attached hydrogen (secondary N) is 1. The molecule has 2 aromatic rings. The Morgan fingerprint density at radius 2 is 1.92 bits per heavy atom. The summed E-state index contributed by atoms with van der Waals surface area (Å²) in [5.41, 5.74) is 0.721. The number of aromatic nitrogens is 1. The van der Waals surface area contributed by atoms with Crippen LogP contribution in [0.1, 0.15) is 6.92 Å². The number of amides is 1. The van der Waals surface area contributed by atoms with Crippen LogP contribution in [0, 0.1) is 0 Å². The van der Waals surface area contributed by atoms with Crippen molar-refractivity contribution in [1.29, 1.82) is 0 Å². The number of hydrogen-bond acceptors (Lipinski definition) is 6. The first-order chi connectivity index (χ1) is 12.7. The van der Waals surface area contributed by atoms with Crippen molar-refractivity contribution in [3.05, 3.63) is 42.6 Å². The summed E-state index contributed by atoms with van der Waals surface area (Å²) in [5, 5.41) is 2.97. The lowest BCUT2D eigenvalue weighted by atomic mass is 10.2. The fourth-order valence-corrected chi connectivity index (χ4v) is 3.27. The van der Waals surface area contributed by atoms with Gasteiger partial charge >= 0.3 is 0 Å². The van der Waals surface area contributed by atoms with Gasteiger partial charge in [-0.1, -0.05) is 6.07 Å².